The lowest BCUT2D eigenvalue weighted by Gasteiger charge is -2.34. The molecule has 0 amide bonds. The summed E-state index contributed by atoms with van der Waals surface area (Å²) in [6, 6.07) is 32.3. The quantitative estimate of drug-likeness (QED) is 0.387. The molecule has 136 valence electrons. The first-order valence-corrected chi connectivity index (χ1v) is 9.69. The topological polar surface area (TPSA) is 20.2 Å². The van der Waals surface area contributed by atoms with Gasteiger partial charge in [-0.3, -0.25) is 0 Å². The third-order valence-electron chi connectivity index (χ3n) is 6.07. The molecule has 0 saturated carbocycles. The van der Waals surface area contributed by atoms with E-state index >= 15 is 0 Å². The van der Waals surface area contributed by atoms with Crippen LogP contribution in [0.2, 0.25) is 0 Å². The van der Waals surface area contributed by atoms with Gasteiger partial charge < -0.3 is 5.11 Å². The highest BCUT2D eigenvalue weighted by molar-refractivity contribution is 5.86. The van der Waals surface area contributed by atoms with E-state index in [1.54, 1.807) is 0 Å². The number of hydrogen-bond acceptors (Lipinski definition) is 1. The Kier molecular flexibility index (Phi) is 3.67. The molecule has 1 aliphatic carbocycles. The molecule has 5 rings (SSSR count). The van der Waals surface area contributed by atoms with Crippen LogP contribution in [-0.4, -0.2) is 5.11 Å². The average molecular weight is 362 g/mol. The van der Waals surface area contributed by atoms with Crippen LogP contribution in [0.25, 0.3) is 11.1 Å². The number of benzene rings is 4. The zero-order valence-electron chi connectivity index (χ0n) is 16.1. The molecule has 0 bridgehead atoms. The van der Waals surface area contributed by atoms with Crippen molar-refractivity contribution in [2.45, 2.75) is 19.3 Å². The molecule has 1 nitrogen and oxygen atoms in total. The van der Waals surface area contributed by atoms with Crippen LogP contribution in [-0.2, 0) is 5.41 Å². The molecule has 28 heavy (non-hydrogen) atoms. The van der Waals surface area contributed by atoms with Gasteiger partial charge in [0.25, 0.3) is 0 Å². The smallest absolute Gasteiger partial charge is 0.118 e. The van der Waals surface area contributed by atoms with Crippen LogP contribution in [0.15, 0.2) is 91.0 Å². The number of hydrogen-bond donors (Lipinski definition) is 1. The molecule has 0 fully saturated rings. The number of phenols is 1. The molecule has 1 aliphatic rings. The maximum absolute atomic E-state index is 10.2. The van der Waals surface area contributed by atoms with Crippen LogP contribution in [0, 0.1) is 13.8 Å². The Morgan fingerprint density at radius 2 is 1.14 bits per heavy atom. The van der Waals surface area contributed by atoms with E-state index in [-0.39, 0.29) is 5.41 Å². The monoisotopic (exact) mass is 362 g/mol. The summed E-state index contributed by atoms with van der Waals surface area (Å²) in [6.07, 6.45) is 0. The number of fused-ring (bicyclic) bond motifs is 3. The SMILES string of the molecule is Cc1ccc(C2(c3ccc(O)c(C)c3)c3ccccc3-c3ccccc32)cc1. The summed E-state index contributed by atoms with van der Waals surface area (Å²) in [7, 11) is 0. The molecule has 0 aromatic heterocycles. The van der Waals surface area contributed by atoms with Gasteiger partial charge in [-0.1, -0.05) is 90.5 Å². The van der Waals surface area contributed by atoms with Crippen molar-refractivity contribution in [2.24, 2.45) is 0 Å². The number of rotatable bonds is 2. The van der Waals surface area contributed by atoms with Crippen molar-refractivity contribution < 1.29 is 5.11 Å². The van der Waals surface area contributed by atoms with Crippen LogP contribution in [0.4, 0.5) is 0 Å². The van der Waals surface area contributed by atoms with Gasteiger partial charge >= 0.3 is 0 Å². The first-order chi connectivity index (χ1) is 13.6. The lowest BCUT2D eigenvalue weighted by molar-refractivity contribution is 0.470. The minimum absolute atomic E-state index is 0.336. The molecule has 1 heteroatoms. The van der Waals surface area contributed by atoms with Gasteiger partial charge in [0.2, 0.25) is 0 Å². The van der Waals surface area contributed by atoms with Crippen LogP contribution < -0.4 is 0 Å². The predicted octanol–water partition coefficient (Wildman–Crippen LogP) is 6.37. The van der Waals surface area contributed by atoms with Crippen LogP contribution in [0.5, 0.6) is 5.75 Å². The Balaban J connectivity index is 1.95. The molecule has 0 aliphatic heterocycles. The van der Waals surface area contributed by atoms with E-state index in [2.05, 4.69) is 91.9 Å². The molecule has 4 aromatic rings. The van der Waals surface area contributed by atoms with Gasteiger partial charge in [0.05, 0.1) is 5.41 Å². The van der Waals surface area contributed by atoms with Gasteiger partial charge in [-0.05, 0) is 58.9 Å². The Morgan fingerprint density at radius 3 is 1.71 bits per heavy atom. The van der Waals surface area contributed by atoms with Gasteiger partial charge in [-0.25, -0.2) is 0 Å². The summed E-state index contributed by atoms with van der Waals surface area (Å²) < 4.78 is 0. The summed E-state index contributed by atoms with van der Waals surface area (Å²) >= 11 is 0. The molecule has 0 heterocycles. The average Bonchev–Trinajstić information content (AvgIpc) is 3.02. The fourth-order valence-corrected chi connectivity index (χ4v) is 4.72. The lowest BCUT2D eigenvalue weighted by atomic mass is 9.67. The minimum Gasteiger partial charge on any atom is -0.508 e. The maximum atomic E-state index is 10.2. The summed E-state index contributed by atoms with van der Waals surface area (Å²) in [5.41, 5.74) is 9.35. The fourth-order valence-electron chi connectivity index (χ4n) is 4.72. The minimum atomic E-state index is -0.390. The third kappa shape index (κ3) is 2.20. The van der Waals surface area contributed by atoms with Crippen LogP contribution in [0.3, 0.4) is 0 Å². The first kappa shape index (κ1) is 16.8. The van der Waals surface area contributed by atoms with E-state index < -0.39 is 0 Å². The maximum Gasteiger partial charge on any atom is 0.118 e. The molecule has 0 atom stereocenters. The number of aromatic hydroxyl groups is 1. The Hall–Kier alpha value is -3.32. The first-order valence-electron chi connectivity index (χ1n) is 9.69. The van der Waals surface area contributed by atoms with E-state index in [0.717, 1.165) is 5.56 Å². The van der Waals surface area contributed by atoms with E-state index in [9.17, 15) is 5.11 Å². The lowest BCUT2D eigenvalue weighted by Crippen LogP contribution is -2.28. The van der Waals surface area contributed by atoms with Gasteiger partial charge in [0.1, 0.15) is 5.75 Å². The summed E-state index contributed by atoms with van der Waals surface area (Å²) in [5.74, 6) is 0.336. The van der Waals surface area contributed by atoms with Crippen molar-refractivity contribution in [1.29, 1.82) is 0 Å². The Labute approximate surface area is 165 Å². The van der Waals surface area contributed by atoms with Gasteiger partial charge in [-0.15, -0.1) is 0 Å². The van der Waals surface area contributed by atoms with E-state index in [4.69, 9.17) is 0 Å². The molecule has 1 N–H and O–H groups in total. The predicted molar refractivity (Wildman–Crippen MR) is 115 cm³/mol. The van der Waals surface area contributed by atoms with Crippen molar-refractivity contribution in [3.05, 3.63) is 124 Å². The molecular weight excluding hydrogens is 340 g/mol. The molecule has 4 aromatic carbocycles. The van der Waals surface area contributed by atoms with Crippen LogP contribution in [0.1, 0.15) is 33.4 Å². The Morgan fingerprint density at radius 1 is 0.607 bits per heavy atom. The van der Waals surface area contributed by atoms with Crippen molar-refractivity contribution >= 4 is 0 Å². The van der Waals surface area contributed by atoms with Crippen molar-refractivity contribution in [1.82, 2.24) is 0 Å². The fraction of sp³-hybridized carbons (Fsp3) is 0.111. The largest absolute Gasteiger partial charge is 0.508 e. The van der Waals surface area contributed by atoms with Crippen molar-refractivity contribution in [3.8, 4) is 16.9 Å². The number of phenolic OH excluding ortho intramolecular Hbond substituents is 1. The second-order valence-corrected chi connectivity index (χ2v) is 7.71. The highest BCUT2D eigenvalue weighted by Gasteiger charge is 2.45. The van der Waals surface area contributed by atoms with Gasteiger partial charge in [0.15, 0.2) is 0 Å². The number of aryl methyl sites for hydroxylation is 2. The molecular formula is C27H22O. The van der Waals surface area contributed by atoms with E-state index in [1.807, 2.05) is 13.0 Å². The highest BCUT2D eigenvalue weighted by Crippen LogP contribution is 2.56. The van der Waals surface area contributed by atoms with E-state index in [0.29, 0.717) is 5.75 Å². The molecule has 0 saturated heterocycles. The molecule has 0 unspecified atom stereocenters. The zero-order chi connectivity index (χ0) is 19.3. The molecule has 0 spiro atoms. The standard InChI is InChI=1S/C27H22O/c1-18-11-13-20(14-12-18)27(21-15-16-26(28)19(2)17-21)24-9-5-3-7-22(24)23-8-4-6-10-25(23)27/h3-17,28H,1-2H3. The van der Waals surface area contributed by atoms with E-state index in [1.165, 1.54) is 38.9 Å². The Bertz CT molecular complexity index is 1140. The normalized spacial score (nSPS) is 13.8. The second-order valence-electron chi connectivity index (χ2n) is 7.71. The van der Waals surface area contributed by atoms with Gasteiger partial charge in [0, 0.05) is 0 Å². The third-order valence-corrected chi connectivity index (χ3v) is 6.07. The molecule has 0 radical (unpaired) electrons. The summed E-state index contributed by atoms with van der Waals surface area (Å²) in [5, 5.41) is 10.2. The van der Waals surface area contributed by atoms with Crippen molar-refractivity contribution in [3.63, 3.8) is 0 Å². The van der Waals surface area contributed by atoms with Crippen molar-refractivity contribution in [2.75, 3.05) is 0 Å². The summed E-state index contributed by atoms with van der Waals surface area (Å²) in [6.45, 7) is 4.09. The summed E-state index contributed by atoms with van der Waals surface area (Å²) in [4.78, 5) is 0. The zero-order valence-corrected chi connectivity index (χ0v) is 16.1. The second kappa shape index (κ2) is 6.10. The highest BCUT2D eigenvalue weighted by atomic mass is 16.3. The van der Waals surface area contributed by atoms with Gasteiger partial charge in [-0.2, -0.15) is 0 Å². The van der Waals surface area contributed by atoms with Crippen LogP contribution >= 0.6 is 0 Å².